The second-order valence-corrected chi connectivity index (χ2v) is 7.72. The van der Waals surface area contributed by atoms with E-state index in [2.05, 4.69) is 22.8 Å². The zero-order valence-electron chi connectivity index (χ0n) is 16.0. The Morgan fingerprint density at radius 3 is 2.86 bits per heavy atom. The van der Waals surface area contributed by atoms with Crippen LogP contribution in [0.2, 0.25) is 0 Å². The van der Waals surface area contributed by atoms with Gasteiger partial charge >= 0.3 is 0 Å². The van der Waals surface area contributed by atoms with Crippen LogP contribution < -0.4 is 20.3 Å². The van der Waals surface area contributed by atoms with Gasteiger partial charge in [0, 0.05) is 24.3 Å². The van der Waals surface area contributed by atoms with E-state index >= 15 is 0 Å². The molecule has 4 rings (SSSR count). The van der Waals surface area contributed by atoms with E-state index in [0.717, 1.165) is 49.4 Å². The number of rotatable bonds is 4. The van der Waals surface area contributed by atoms with E-state index in [1.54, 1.807) is 7.11 Å². The van der Waals surface area contributed by atoms with Gasteiger partial charge in [0.1, 0.15) is 5.75 Å². The Balaban J connectivity index is 1.44. The lowest BCUT2D eigenvalue weighted by Gasteiger charge is -2.28. The zero-order chi connectivity index (χ0) is 19.5. The van der Waals surface area contributed by atoms with Crippen molar-refractivity contribution in [3.05, 3.63) is 53.6 Å². The minimum absolute atomic E-state index is 0.187. The average Bonchev–Trinajstić information content (AvgIpc) is 3.14. The van der Waals surface area contributed by atoms with Gasteiger partial charge in [-0.3, -0.25) is 4.79 Å². The Hall–Kier alpha value is -2.60. The maximum absolute atomic E-state index is 12.0. The summed E-state index contributed by atoms with van der Waals surface area (Å²) in [5, 5.41) is 7.33. The van der Waals surface area contributed by atoms with Crippen LogP contribution in [0.25, 0.3) is 0 Å². The van der Waals surface area contributed by atoms with Crippen LogP contribution in [0.1, 0.15) is 42.9 Å². The molecule has 0 bridgehead atoms. The number of aryl methyl sites for hydroxylation is 1. The highest BCUT2D eigenvalue weighted by Gasteiger charge is 2.23. The zero-order valence-corrected chi connectivity index (χ0v) is 16.8. The van der Waals surface area contributed by atoms with Gasteiger partial charge in [-0.15, -0.1) is 0 Å². The third kappa shape index (κ3) is 3.97. The van der Waals surface area contributed by atoms with Crippen molar-refractivity contribution < 1.29 is 9.53 Å². The first-order chi connectivity index (χ1) is 13.6. The number of carbonyl (C=O) groups excluding carboxylic acids is 1. The van der Waals surface area contributed by atoms with Crippen LogP contribution in [0.15, 0.2) is 42.5 Å². The maximum Gasteiger partial charge on any atom is 0.227 e. The third-order valence-electron chi connectivity index (χ3n) is 5.46. The summed E-state index contributed by atoms with van der Waals surface area (Å²) in [7, 11) is 1.70. The first-order valence-corrected chi connectivity index (χ1v) is 10.2. The third-order valence-corrected chi connectivity index (χ3v) is 5.68. The summed E-state index contributed by atoms with van der Waals surface area (Å²) < 4.78 is 5.35. The van der Waals surface area contributed by atoms with Gasteiger partial charge in [0.05, 0.1) is 13.2 Å². The lowest BCUT2D eigenvalue weighted by Crippen LogP contribution is -2.34. The number of nitrogens with one attached hydrogen (secondary N) is 2. The van der Waals surface area contributed by atoms with Crippen molar-refractivity contribution in [1.82, 2.24) is 5.32 Å². The van der Waals surface area contributed by atoms with Crippen LogP contribution in [0.3, 0.4) is 0 Å². The average molecular weight is 396 g/mol. The number of fused-ring (bicyclic) bond motifs is 1. The van der Waals surface area contributed by atoms with Crippen LogP contribution in [-0.4, -0.2) is 24.7 Å². The molecule has 0 unspecified atom stereocenters. The highest BCUT2D eigenvalue weighted by Crippen LogP contribution is 2.32. The molecule has 2 aliphatic rings. The predicted octanol–water partition coefficient (Wildman–Crippen LogP) is 4.19. The molecule has 2 aromatic carbocycles. The van der Waals surface area contributed by atoms with Crippen molar-refractivity contribution >= 4 is 34.6 Å². The fourth-order valence-corrected chi connectivity index (χ4v) is 4.33. The molecule has 146 valence electrons. The first kappa shape index (κ1) is 18.7. The Bertz CT molecular complexity index is 899. The van der Waals surface area contributed by atoms with E-state index in [0.29, 0.717) is 11.5 Å². The molecule has 0 spiro atoms. The predicted molar refractivity (Wildman–Crippen MR) is 116 cm³/mol. The van der Waals surface area contributed by atoms with Crippen molar-refractivity contribution in [3.63, 3.8) is 0 Å². The van der Waals surface area contributed by atoms with Gasteiger partial charge in [-0.05, 0) is 79.4 Å². The second kappa shape index (κ2) is 8.19. The Kier molecular flexibility index (Phi) is 5.48. The smallest absolute Gasteiger partial charge is 0.227 e. The molecule has 1 amide bonds. The number of hydrogen-bond acceptors (Lipinski definition) is 3. The lowest BCUT2D eigenvalue weighted by molar-refractivity contribution is -0.117. The highest BCUT2D eigenvalue weighted by molar-refractivity contribution is 7.80. The topological polar surface area (TPSA) is 53.6 Å². The highest BCUT2D eigenvalue weighted by atomic mass is 32.1. The van der Waals surface area contributed by atoms with Crippen molar-refractivity contribution in [3.8, 4) is 5.75 Å². The van der Waals surface area contributed by atoms with E-state index in [4.69, 9.17) is 17.0 Å². The SMILES string of the molecule is COc1ccc2c(c1)CCC[C@H]2NC(=S)Nc1cccc(N2CCCC2=O)c1. The van der Waals surface area contributed by atoms with Gasteiger partial charge in [-0.25, -0.2) is 0 Å². The summed E-state index contributed by atoms with van der Waals surface area (Å²) >= 11 is 5.57. The molecule has 5 nitrogen and oxygen atoms in total. The minimum Gasteiger partial charge on any atom is -0.497 e. The molecular formula is C22H25N3O2S. The van der Waals surface area contributed by atoms with Gasteiger partial charge < -0.3 is 20.3 Å². The standard InChI is InChI=1S/C22H25N3O2S/c1-27-18-10-11-19-15(13-18)5-2-8-20(19)24-22(28)23-16-6-3-7-17(14-16)25-12-4-9-21(25)26/h3,6-7,10-11,13-14,20H,2,4-5,8-9,12H2,1H3,(H2,23,24,28)/t20-/m1/s1. The number of amides is 1. The van der Waals surface area contributed by atoms with Gasteiger partial charge in [-0.1, -0.05) is 12.1 Å². The number of anilines is 2. The molecule has 0 radical (unpaired) electrons. The van der Waals surface area contributed by atoms with Crippen molar-refractivity contribution in [2.24, 2.45) is 0 Å². The van der Waals surface area contributed by atoms with Crippen LogP contribution in [0, 0.1) is 0 Å². The first-order valence-electron chi connectivity index (χ1n) is 9.79. The molecule has 1 aliphatic heterocycles. The van der Waals surface area contributed by atoms with Crippen molar-refractivity contribution in [2.45, 2.75) is 38.1 Å². The second-order valence-electron chi connectivity index (χ2n) is 7.31. The van der Waals surface area contributed by atoms with E-state index in [9.17, 15) is 4.79 Å². The number of benzene rings is 2. The molecule has 6 heteroatoms. The monoisotopic (exact) mass is 395 g/mol. The Morgan fingerprint density at radius 1 is 1.18 bits per heavy atom. The summed E-state index contributed by atoms with van der Waals surface area (Å²) in [6.07, 6.45) is 4.78. The molecule has 0 aromatic heterocycles. The fourth-order valence-electron chi connectivity index (χ4n) is 4.07. The molecule has 1 fully saturated rings. The van der Waals surface area contributed by atoms with Gasteiger partial charge in [0.25, 0.3) is 0 Å². The largest absolute Gasteiger partial charge is 0.497 e. The molecule has 1 heterocycles. The lowest BCUT2D eigenvalue weighted by atomic mass is 9.87. The van der Waals surface area contributed by atoms with Gasteiger partial charge in [0.2, 0.25) is 5.91 Å². The number of ether oxygens (including phenoxy) is 1. The van der Waals surface area contributed by atoms with Crippen LogP contribution >= 0.6 is 12.2 Å². The van der Waals surface area contributed by atoms with Crippen molar-refractivity contribution in [1.29, 1.82) is 0 Å². The molecule has 2 N–H and O–H groups in total. The molecule has 1 atom stereocenters. The van der Waals surface area contributed by atoms with Gasteiger partial charge in [0.15, 0.2) is 5.11 Å². The van der Waals surface area contributed by atoms with Crippen molar-refractivity contribution in [2.75, 3.05) is 23.9 Å². The quantitative estimate of drug-likeness (QED) is 0.761. The van der Waals surface area contributed by atoms with Crippen LogP contribution in [-0.2, 0) is 11.2 Å². The van der Waals surface area contributed by atoms with Crippen LogP contribution in [0.5, 0.6) is 5.75 Å². The number of thiocarbonyl (C=S) groups is 1. The Morgan fingerprint density at radius 2 is 2.07 bits per heavy atom. The number of hydrogen-bond donors (Lipinski definition) is 2. The van der Waals surface area contributed by atoms with Gasteiger partial charge in [-0.2, -0.15) is 0 Å². The van der Waals surface area contributed by atoms with E-state index in [-0.39, 0.29) is 11.9 Å². The summed E-state index contributed by atoms with van der Waals surface area (Å²) in [6, 6.07) is 14.3. The van der Waals surface area contributed by atoms with E-state index in [1.807, 2.05) is 35.2 Å². The van der Waals surface area contributed by atoms with E-state index < -0.39 is 0 Å². The maximum atomic E-state index is 12.0. The Labute approximate surface area is 171 Å². The van der Waals surface area contributed by atoms with E-state index in [1.165, 1.54) is 11.1 Å². The molecule has 2 aromatic rings. The number of carbonyl (C=O) groups is 1. The summed E-state index contributed by atoms with van der Waals surface area (Å²) in [4.78, 5) is 13.8. The molecule has 1 saturated heterocycles. The number of methoxy groups -OCH3 is 1. The molecular weight excluding hydrogens is 370 g/mol. The minimum atomic E-state index is 0.187. The van der Waals surface area contributed by atoms with Crippen LogP contribution in [0.4, 0.5) is 11.4 Å². The number of nitrogens with zero attached hydrogens (tertiary/aromatic N) is 1. The summed E-state index contributed by atoms with van der Waals surface area (Å²) in [6.45, 7) is 0.785. The summed E-state index contributed by atoms with van der Waals surface area (Å²) in [5.74, 6) is 1.08. The molecule has 0 saturated carbocycles. The molecule has 28 heavy (non-hydrogen) atoms. The fraction of sp³-hybridized carbons (Fsp3) is 0.364. The normalized spacial score (nSPS) is 18.5. The summed E-state index contributed by atoms with van der Waals surface area (Å²) in [5.41, 5.74) is 4.42. The molecule has 1 aliphatic carbocycles.